The summed E-state index contributed by atoms with van der Waals surface area (Å²) in [5, 5.41) is 12.7. The minimum absolute atomic E-state index is 0.0489. The maximum Gasteiger partial charge on any atom is 0.221 e. The van der Waals surface area contributed by atoms with Crippen molar-refractivity contribution in [1.82, 2.24) is 24.9 Å². The van der Waals surface area contributed by atoms with Crippen LogP contribution in [0.4, 0.5) is 0 Å². The van der Waals surface area contributed by atoms with E-state index in [4.69, 9.17) is 4.74 Å². The minimum Gasteiger partial charge on any atom is -0.474 e. The van der Waals surface area contributed by atoms with Crippen LogP contribution in [0.3, 0.4) is 0 Å². The third-order valence-corrected chi connectivity index (χ3v) is 4.78. The van der Waals surface area contributed by atoms with Gasteiger partial charge in [0.2, 0.25) is 5.88 Å². The molecule has 1 atom stereocenters. The van der Waals surface area contributed by atoms with Gasteiger partial charge in [-0.2, -0.15) is 0 Å². The number of para-hydroxylation sites is 1. The van der Waals surface area contributed by atoms with E-state index in [1.54, 1.807) is 24.8 Å². The van der Waals surface area contributed by atoms with Gasteiger partial charge in [-0.1, -0.05) is 18.2 Å². The number of hydrogen-bond acceptors (Lipinski definition) is 6. The zero-order valence-electron chi connectivity index (χ0n) is 15.4. The average molecular weight is 383 g/mol. The molecule has 5 aromatic rings. The quantitative estimate of drug-likeness (QED) is 0.481. The molecule has 0 spiro atoms. The fraction of sp³-hybridized carbons (Fsp3) is 0.0909. The summed E-state index contributed by atoms with van der Waals surface area (Å²) in [6, 6.07) is 13.6. The van der Waals surface area contributed by atoms with E-state index in [2.05, 4.69) is 24.9 Å². The number of fused-ring (bicyclic) bond motifs is 3. The number of aliphatic hydroxyl groups is 1. The zero-order valence-corrected chi connectivity index (χ0v) is 15.4. The lowest BCUT2D eigenvalue weighted by molar-refractivity contribution is 0.106. The lowest BCUT2D eigenvalue weighted by Crippen LogP contribution is -2.11. The van der Waals surface area contributed by atoms with Crippen molar-refractivity contribution in [3.8, 4) is 17.0 Å². The van der Waals surface area contributed by atoms with Gasteiger partial charge < -0.3 is 14.8 Å². The first-order valence-corrected chi connectivity index (χ1v) is 9.17. The molecule has 5 rings (SSSR count). The van der Waals surface area contributed by atoms with Gasteiger partial charge in [0.25, 0.3) is 0 Å². The number of aromatic nitrogens is 5. The first-order valence-electron chi connectivity index (χ1n) is 9.17. The predicted molar refractivity (Wildman–Crippen MR) is 109 cm³/mol. The third kappa shape index (κ3) is 3.28. The number of nitrogens with zero attached hydrogens (tertiary/aromatic N) is 4. The Bertz CT molecular complexity index is 1290. The Morgan fingerprint density at radius 2 is 1.83 bits per heavy atom. The third-order valence-electron chi connectivity index (χ3n) is 4.78. The number of pyridine rings is 2. The van der Waals surface area contributed by atoms with Crippen LogP contribution in [0.25, 0.3) is 33.1 Å². The molecule has 29 heavy (non-hydrogen) atoms. The molecule has 0 saturated carbocycles. The molecule has 4 heterocycles. The van der Waals surface area contributed by atoms with Crippen LogP contribution >= 0.6 is 0 Å². The van der Waals surface area contributed by atoms with Crippen molar-refractivity contribution in [2.45, 2.75) is 6.10 Å². The van der Waals surface area contributed by atoms with Crippen LogP contribution in [-0.2, 0) is 0 Å². The SMILES string of the molecule is OC(COc1ncccc1-c1cncnc1)c1cnc2[nH]c3ccccc3c2c1. The van der Waals surface area contributed by atoms with Crippen molar-refractivity contribution < 1.29 is 9.84 Å². The Morgan fingerprint density at radius 1 is 0.966 bits per heavy atom. The summed E-state index contributed by atoms with van der Waals surface area (Å²) >= 11 is 0. The fourth-order valence-electron chi connectivity index (χ4n) is 3.34. The van der Waals surface area contributed by atoms with Gasteiger partial charge in [-0.3, -0.25) is 0 Å². The molecule has 1 aromatic carbocycles. The normalized spacial score (nSPS) is 12.3. The molecule has 0 bridgehead atoms. The summed E-state index contributed by atoms with van der Waals surface area (Å²) in [5.74, 6) is 0.419. The predicted octanol–water partition coefficient (Wildman–Crippen LogP) is 3.68. The lowest BCUT2D eigenvalue weighted by atomic mass is 10.1. The van der Waals surface area contributed by atoms with Crippen molar-refractivity contribution in [1.29, 1.82) is 0 Å². The molecule has 0 aliphatic carbocycles. The Balaban J connectivity index is 1.40. The molecule has 0 amide bonds. The first kappa shape index (κ1) is 17.3. The Morgan fingerprint density at radius 3 is 2.72 bits per heavy atom. The smallest absolute Gasteiger partial charge is 0.221 e. The summed E-state index contributed by atoms with van der Waals surface area (Å²) in [6.45, 7) is 0.0489. The molecule has 4 aromatic heterocycles. The van der Waals surface area contributed by atoms with E-state index >= 15 is 0 Å². The fourth-order valence-corrected chi connectivity index (χ4v) is 3.34. The van der Waals surface area contributed by atoms with E-state index in [-0.39, 0.29) is 6.61 Å². The molecule has 2 N–H and O–H groups in total. The monoisotopic (exact) mass is 383 g/mol. The molecule has 0 saturated heterocycles. The van der Waals surface area contributed by atoms with E-state index in [0.717, 1.165) is 33.1 Å². The van der Waals surface area contributed by atoms with Gasteiger partial charge >= 0.3 is 0 Å². The van der Waals surface area contributed by atoms with Gasteiger partial charge in [0.05, 0.1) is 0 Å². The highest BCUT2D eigenvalue weighted by Gasteiger charge is 2.15. The maximum atomic E-state index is 10.7. The molecule has 7 heteroatoms. The molecule has 1 unspecified atom stereocenters. The second-order valence-electron chi connectivity index (χ2n) is 6.65. The first-order chi connectivity index (χ1) is 14.3. The van der Waals surface area contributed by atoms with E-state index in [9.17, 15) is 5.11 Å². The van der Waals surface area contributed by atoms with Crippen molar-refractivity contribution in [2.75, 3.05) is 6.61 Å². The highest BCUT2D eigenvalue weighted by atomic mass is 16.5. The highest BCUT2D eigenvalue weighted by Crippen LogP contribution is 2.29. The van der Waals surface area contributed by atoms with E-state index in [0.29, 0.717) is 11.4 Å². The number of benzene rings is 1. The van der Waals surface area contributed by atoms with Crippen molar-refractivity contribution in [3.63, 3.8) is 0 Å². The van der Waals surface area contributed by atoms with Gasteiger partial charge in [0.1, 0.15) is 24.7 Å². The second-order valence-corrected chi connectivity index (χ2v) is 6.65. The van der Waals surface area contributed by atoms with E-state index in [1.807, 2.05) is 42.5 Å². The minimum atomic E-state index is -0.845. The van der Waals surface area contributed by atoms with Crippen LogP contribution in [0, 0.1) is 0 Å². The van der Waals surface area contributed by atoms with Crippen LogP contribution < -0.4 is 4.74 Å². The number of aromatic amines is 1. The number of nitrogens with one attached hydrogen (secondary N) is 1. The van der Waals surface area contributed by atoms with Gasteiger partial charge in [-0.05, 0) is 24.3 Å². The molecular weight excluding hydrogens is 366 g/mol. The summed E-state index contributed by atoms with van der Waals surface area (Å²) in [4.78, 5) is 20.1. The van der Waals surface area contributed by atoms with Crippen LogP contribution in [0.5, 0.6) is 5.88 Å². The highest BCUT2D eigenvalue weighted by molar-refractivity contribution is 6.05. The van der Waals surface area contributed by atoms with Crippen molar-refractivity contribution in [2.24, 2.45) is 0 Å². The molecule has 0 aliphatic heterocycles. The standard InChI is InChI=1S/C22H17N5O2/c28-20(12-29-22-16(5-3-7-25-22)15-9-23-13-24-10-15)14-8-18-17-4-1-2-6-19(17)27-21(18)26-11-14/h1-11,13,20,28H,12H2,(H,26,27). The number of hydrogen-bond donors (Lipinski definition) is 2. The van der Waals surface area contributed by atoms with Gasteiger partial charge in [-0.25, -0.2) is 19.9 Å². The zero-order chi connectivity index (χ0) is 19.6. The van der Waals surface area contributed by atoms with E-state index in [1.165, 1.54) is 6.33 Å². The number of aliphatic hydroxyl groups excluding tert-OH is 1. The molecule has 142 valence electrons. The molecule has 7 nitrogen and oxygen atoms in total. The summed E-state index contributed by atoms with van der Waals surface area (Å²) in [7, 11) is 0. The Labute approximate surface area is 166 Å². The van der Waals surface area contributed by atoms with Gasteiger partial charge in [-0.15, -0.1) is 0 Å². The van der Waals surface area contributed by atoms with Crippen molar-refractivity contribution >= 4 is 21.9 Å². The second kappa shape index (κ2) is 7.29. The number of rotatable bonds is 5. The lowest BCUT2D eigenvalue weighted by Gasteiger charge is -2.14. The van der Waals surface area contributed by atoms with Crippen LogP contribution in [0.1, 0.15) is 11.7 Å². The van der Waals surface area contributed by atoms with Crippen LogP contribution in [0.15, 0.2) is 73.6 Å². The number of ether oxygens (including phenoxy) is 1. The van der Waals surface area contributed by atoms with E-state index < -0.39 is 6.10 Å². The molecule has 0 radical (unpaired) electrons. The average Bonchev–Trinajstić information content (AvgIpc) is 3.16. The Hall–Kier alpha value is -3.84. The van der Waals surface area contributed by atoms with Gasteiger partial charge in [0, 0.05) is 57.8 Å². The molecule has 0 aliphatic rings. The summed E-state index contributed by atoms with van der Waals surface area (Å²) in [5.41, 5.74) is 4.06. The summed E-state index contributed by atoms with van der Waals surface area (Å²) in [6.07, 6.45) is 7.33. The molecular formula is C22H17N5O2. The summed E-state index contributed by atoms with van der Waals surface area (Å²) < 4.78 is 5.84. The Kier molecular flexibility index (Phi) is 4.34. The maximum absolute atomic E-state index is 10.7. The topological polar surface area (TPSA) is 96.8 Å². The van der Waals surface area contributed by atoms with Gasteiger partial charge in [0.15, 0.2) is 0 Å². The largest absolute Gasteiger partial charge is 0.474 e. The molecule has 0 fully saturated rings. The number of H-pyrrole nitrogens is 1. The van der Waals surface area contributed by atoms with Crippen LogP contribution in [-0.4, -0.2) is 36.6 Å². The van der Waals surface area contributed by atoms with Crippen LogP contribution in [0.2, 0.25) is 0 Å². The van der Waals surface area contributed by atoms with Crippen molar-refractivity contribution in [3.05, 3.63) is 79.1 Å².